The summed E-state index contributed by atoms with van der Waals surface area (Å²) in [5.41, 5.74) is 8.16. The minimum absolute atomic E-state index is 0.425. The summed E-state index contributed by atoms with van der Waals surface area (Å²) in [7, 11) is 0. The second-order valence-electron chi connectivity index (χ2n) is 3.04. The second kappa shape index (κ2) is 3.59. The van der Waals surface area contributed by atoms with Crippen LogP contribution in [0.1, 0.15) is 11.4 Å². The first kappa shape index (κ1) is 8.90. The highest BCUT2D eigenvalue weighted by molar-refractivity contribution is 5.52. The third-order valence-electron chi connectivity index (χ3n) is 1.90. The fourth-order valence-corrected chi connectivity index (χ4v) is 1.26. The average Bonchev–Trinajstić information content (AvgIpc) is 2.69. The van der Waals surface area contributed by atoms with Crippen molar-refractivity contribution < 1.29 is 4.42 Å². The molecule has 2 aromatic rings. The molecule has 0 atom stereocenters. The summed E-state index contributed by atoms with van der Waals surface area (Å²) >= 11 is 0. The molecule has 0 spiro atoms. The average molecular weight is 189 g/mol. The molecule has 2 aromatic heterocycles. The highest BCUT2D eigenvalue weighted by atomic mass is 16.3. The van der Waals surface area contributed by atoms with Gasteiger partial charge in [0.2, 0.25) is 0 Å². The van der Waals surface area contributed by atoms with Gasteiger partial charge in [-0.15, -0.1) is 0 Å². The van der Waals surface area contributed by atoms with Crippen molar-refractivity contribution >= 4 is 0 Å². The molecule has 0 aromatic carbocycles. The molecule has 72 valence electrons. The van der Waals surface area contributed by atoms with Crippen LogP contribution in [0, 0.1) is 6.92 Å². The first-order chi connectivity index (χ1) is 6.79. The lowest BCUT2D eigenvalue weighted by molar-refractivity contribution is 0.568. The van der Waals surface area contributed by atoms with Crippen LogP contribution in [-0.2, 0) is 6.54 Å². The maximum absolute atomic E-state index is 5.53. The molecule has 4 nitrogen and oxygen atoms in total. The van der Waals surface area contributed by atoms with Gasteiger partial charge in [-0.3, -0.25) is 0 Å². The Morgan fingerprint density at radius 2 is 2.29 bits per heavy atom. The van der Waals surface area contributed by atoms with Gasteiger partial charge in [0.1, 0.15) is 6.26 Å². The summed E-state index contributed by atoms with van der Waals surface area (Å²) in [6, 6.07) is 3.71. The Balaban J connectivity index is 2.48. The standard InChI is InChI=1S/C10H11N3O/c1-7-4-9(5-11)13-10(12-7)8-2-3-14-6-8/h2-4,6H,5,11H2,1H3. The van der Waals surface area contributed by atoms with Gasteiger partial charge in [0, 0.05) is 12.2 Å². The van der Waals surface area contributed by atoms with Gasteiger partial charge in [-0.2, -0.15) is 0 Å². The Bertz CT molecular complexity index is 423. The molecule has 2 rings (SSSR count). The van der Waals surface area contributed by atoms with Crippen molar-refractivity contribution in [1.82, 2.24) is 9.97 Å². The summed E-state index contributed by atoms with van der Waals surface area (Å²) < 4.78 is 4.97. The molecular weight excluding hydrogens is 178 g/mol. The van der Waals surface area contributed by atoms with E-state index in [9.17, 15) is 0 Å². The van der Waals surface area contributed by atoms with Crippen LogP contribution in [0.5, 0.6) is 0 Å². The van der Waals surface area contributed by atoms with E-state index in [1.807, 2.05) is 19.1 Å². The Kier molecular flexibility index (Phi) is 2.28. The lowest BCUT2D eigenvalue weighted by Gasteiger charge is -2.01. The van der Waals surface area contributed by atoms with Gasteiger partial charge in [-0.25, -0.2) is 9.97 Å². The molecule has 0 fully saturated rings. The predicted octanol–water partition coefficient (Wildman–Crippen LogP) is 1.50. The van der Waals surface area contributed by atoms with Crippen LogP contribution >= 0.6 is 0 Å². The molecule has 0 radical (unpaired) electrons. The minimum atomic E-state index is 0.425. The summed E-state index contributed by atoms with van der Waals surface area (Å²) in [6.07, 6.45) is 3.22. The van der Waals surface area contributed by atoms with Crippen LogP contribution in [0.4, 0.5) is 0 Å². The first-order valence-electron chi connectivity index (χ1n) is 4.37. The monoisotopic (exact) mass is 189 g/mol. The first-order valence-corrected chi connectivity index (χ1v) is 4.37. The van der Waals surface area contributed by atoms with Gasteiger partial charge < -0.3 is 10.2 Å². The molecule has 0 aliphatic rings. The number of hydrogen-bond acceptors (Lipinski definition) is 4. The molecule has 0 aliphatic carbocycles. The molecular formula is C10H11N3O. The zero-order valence-electron chi connectivity index (χ0n) is 7.90. The molecule has 0 bridgehead atoms. The van der Waals surface area contributed by atoms with E-state index in [0.717, 1.165) is 17.0 Å². The fraction of sp³-hybridized carbons (Fsp3) is 0.200. The fourth-order valence-electron chi connectivity index (χ4n) is 1.26. The third kappa shape index (κ3) is 1.65. The number of aromatic nitrogens is 2. The van der Waals surface area contributed by atoms with Gasteiger partial charge in [-0.1, -0.05) is 0 Å². The van der Waals surface area contributed by atoms with Crippen molar-refractivity contribution in [3.8, 4) is 11.4 Å². The van der Waals surface area contributed by atoms with E-state index >= 15 is 0 Å². The molecule has 4 heteroatoms. The van der Waals surface area contributed by atoms with Crippen LogP contribution in [0.3, 0.4) is 0 Å². The summed E-state index contributed by atoms with van der Waals surface area (Å²) in [5, 5.41) is 0. The van der Waals surface area contributed by atoms with Crippen molar-refractivity contribution in [1.29, 1.82) is 0 Å². The molecule has 0 amide bonds. The predicted molar refractivity (Wildman–Crippen MR) is 52.4 cm³/mol. The molecule has 0 saturated carbocycles. The molecule has 0 unspecified atom stereocenters. The Morgan fingerprint density at radius 3 is 2.93 bits per heavy atom. The van der Waals surface area contributed by atoms with Gasteiger partial charge in [-0.05, 0) is 19.1 Å². The summed E-state index contributed by atoms with van der Waals surface area (Å²) in [5.74, 6) is 0.666. The smallest absolute Gasteiger partial charge is 0.162 e. The van der Waals surface area contributed by atoms with Crippen LogP contribution < -0.4 is 5.73 Å². The SMILES string of the molecule is Cc1cc(CN)nc(-c2ccoc2)n1. The van der Waals surface area contributed by atoms with Gasteiger partial charge in [0.15, 0.2) is 5.82 Å². The number of nitrogens with zero attached hydrogens (tertiary/aromatic N) is 2. The maximum atomic E-state index is 5.53. The summed E-state index contributed by atoms with van der Waals surface area (Å²) in [4.78, 5) is 8.60. The van der Waals surface area contributed by atoms with Gasteiger partial charge in [0.25, 0.3) is 0 Å². The molecule has 2 heterocycles. The van der Waals surface area contributed by atoms with Crippen LogP contribution in [0.25, 0.3) is 11.4 Å². The van der Waals surface area contributed by atoms with Crippen molar-refractivity contribution in [2.75, 3.05) is 0 Å². The van der Waals surface area contributed by atoms with Crippen LogP contribution in [0.2, 0.25) is 0 Å². The second-order valence-corrected chi connectivity index (χ2v) is 3.04. The largest absolute Gasteiger partial charge is 0.472 e. The minimum Gasteiger partial charge on any atom is -0.472 e. The lowest BCUT2D eigenvalue weighted by atomic mass is 10.2. The van der Waals surface area contributed by atoms with Crippen molar-refractivity contribution in [3.63, 3.8) is 0 Å². The number of nitrogens with two attached hydrogens (primary N) is 1. The zero-order chi connectivity index (χ0) is 9.97. The van der Waals surface area contributed by atoms with Gasteiger partial charge in [0.05, 0.1) is 17.5 Å². The Hall–Kier alpha value is -1.68. The van der Waals surface area contributed by atoms with Crippen molar-refractivity contribution in [2.24, 2.45) is 5.73 Å². The van der Waals surface area contributed by atoms with E-state index in [1.165, 1.54) is 0 Å². The van der Waals surface area contributed by atoms with Crippen LogP contribution in [0.15, 0.2) is 29.1 Å². The highest BCUT2D eigenvalue weighted by Crippen LogP contribution is 2.15. The number of rotatable bonds is 2. The number of hydrogen-bond donors (Lipinski definition) is 1. The maximum Gasteiger partial charge on any atom is 0.162 e. The zero-order valence-corrected chi connectivity index (χ0v) is 7.90. The van der Waals surface area contributed by atoms with E-state index in [0.29, 0.717) is 12.4 Å². The van der Waals surface area contributed by atoms with E-state index in [4.69, 9.17) is 10.2 Å². The number of aryl methyl sites for hydroxylation is 1. The topological polar surface area (TPSA) is 64.9 Å². The third-order valence-corrected chi connectivity index (χ3v) is 1.90. The molecule has 0 saturated heterocycles. The lowest BCUT2D eigenvalue weighted by Crippen LogP contribution is -2.03. The summed E-state index contributed by atoms with van der Waals surface area (Å²) in [6.45, 7) is 2.35. The van der Waals surface area contributed by atoms with Crippen LogP contribution in [-0.4, -0.2) is 9.97 Å². The normalized spacial score (nSPS) is 10.4. The quantitative estimate of drug-likeness (QED) is 0.777. The van der Waals surface area contributed by atoms with E-state index < -0.39 is 0 Å². The van der Waals surface area contributed by atoms with Crippen molar-refractivity contribution in [2.45, 2.75) is 13.5 Å². The molecule has 14 heavy (non-hydrogen) atoms. The van der Waals surface area contributed by atoms with Crippen molar-refractivity contribution in [3.05, 3.63) is 36.0 Å². The molecule has 2 N–H and O–H groups in total. The Labute approximate surface area is 81.8 Å². The Morgan fingerprint density at radius 1 is 1.43 bits per heavy atom. The van der Waals surface area contributed by atoms with E-state index in [1.54, 1.807) is 12.5 Å². The van der Waals surface area contributed by atoms with Gasteiger partial charge >= 0.3 is 0 Å². The van der Waals surface area contributed by atoms with E-state index in [-0.39, 0.29) is 0 Å². The number of furan rings is 1. The van der Waals surface area contributed by atoms with E-state index in [2.05, 4.69) is 9.97 Å². The highest BCUT2D eigenvalue weighted by Gasteiger charge is 2.04. The molecule has 0 aliphatic heterocycles.